The van der Waals surface area contributed by atoms with Crippen molar-refractivity contribution in [1.82, 2.24) is 20.4 Å². The SMILES string of the molecule is Cn1nc(C(=O)NCC2(O)CCNC2)c2ccccc21. The molecule has 1 aromatic carbocycles. The third-order valence-corrected chi connectivity index (χ3v) is 3.77. The average Bonchev–Trinajstić information content (AvgIpc) is 3.02. The van der Waals surface area contributed by atoms with Crippen LogP contribution in [0.5, 0.6) is 0 Å². The summed E-state index contributed by atoms with van der Waals surface area (Å²) in [5, 5.41) is 21.2. The Labute approximate surface area is 116 Å². The second-order valence-corrected chi connectivity index (χ2v) is 5.32. The Morgan fingerprint density at radius 2 is 2.35 bits per heavy atom. The van der Waals surface area contributed by atoms with Gasteiger partial charge in [0.25, 0.3) is 5.91 Å². The van der Waals surface area contributed by atoms with E-state index >= 15 is 0 Å². The fraction of sp³-hybridized carbons (Fsp3) is 0.429. The van der Waals surface area contributed by atoms with Crippen LogP contribution >= 0.6 is 0 Å². The number of nitrogens with one attached hydrogen (secondary N) is 2. The number of β-amino-alcohol motifs (C(OH)–C–C–N with tert-alkyl or cyclic N) is 1. The molecule has 1 aliphatic heterocycles. The van der Waals surface area contributed by atoms with E-state index in [4.69, 9.17) is 0 Å². The second-order valence-electron chi connectivity index (χ2n) is 5.32. The molecule has 1 atom stereocenters. The Hall–Kier alpha value is -1.92. The molecule has 1 unspecified atom stereocenters. The number of benzene rings is 1. The van der Waals surface area contributed by atoms with Gasteiger partial charge in [0.05, 0.1) is 11.1 Å². The first kappa shape index (κ1) is 13.1. The fourth-order valence-electron chi connectivity index (χ4n) is 2.59. The Bertz CT molecular complexity index is 644. The van der Waals surface area contributed by atoms with Gasteiger partial charge in [-0.25, -0.2) is 0 Å². The molecular formula is C14H18N4O2. The summed E-state index contributed by atoms with van der Waals surface area (Å²) in [5.74, 6) is -0.248. The number of nitrogens with zero attached hydrogens (tertiary/aromatic N) is 2. The Balaban J connectivity index is 1.79. The number of hydrogen-bond acceptors (Lipinski definition) is 4. The van der Waals surface area contributed by atoms with Gasteiger partial charge in [-0.15, -0.1) is 0 Å². The van der Waals surface area contributed by atoms with Gasteiger partial charge in [-0.1, -0.05) is 18.2 Å². The van der Waals surface area contributed by atoms with E-state index in [1.54, 1.807) is 4.68 Å². The number of hydrogen-bond donors (Lipinski definition) is 3. The smallest absolute Gasteiger partial charge is 0.272 e. The first-order chi connectivity index (χ1) is 9.59. The molecule has 6 heteroatoms. The number of carbonyl (C=O) groups is 1. The number of carbonyl (C=O) groups excluding carboxylic acids is 1. The third kappa shape index (κ3) is 2.28. The number of aromatic nitrogens is 2. The first-order valence-electron chi connectivity index (χ1n) is 6.72. The van der Waals surface area contributed by atoms with Gasteiger partial charge >= 0.3 is 0 Å². The lowest BCUT2D eigenvalue weighted by molar-refractivity contribution is 0.0560. The van der Waals surface area contributed by atoms with Gasteiger partial charge in [0.15, 0.2) is 5.69 Å². The van der Waals surface area contributed by atoms with Crippen LogP contribution < -0.4 is 10.6 Å². The Morgan fingerprint density at radius 3 is 3.10 bits per heavy atom. The minimum Gasteiger partial charge on any atom is -0.387 e. The van der Waals surface area contributed by atoms with Crippen molar-refractivity contribution in [2.75, 3.05) is 19.6 Å². The van der Waals surface area contributed by atoms with E-state index in [2.05, 4.69) is 15.7 Å². The highest BCUT2D eigenvalue weighted by molar-refractivity contribution is 6.04. The fourth-order valence-corrected chi connectivity index (χ4v) is 2.59. The normalized spacial score (nSPS) is 22.3. The van der Waals surface area contributed by atoms with Crippen LogP contribution in [0.15, 0.2) is 24.3 Å². The number of fused-ring (bicyclic) bond motifs is 1. The lowest BCUT2D eigenvalue weighted by Gasteiger charge is -2.21. The number of aryl methyl sites for hydroxylation is 1. The van der Waals surface area contributed by atoms with Gasteiger partial charge in [0, 0.05) is 25.5 Å². The minimum atomic E-state index is -0.847. The molecule has 106 valence electrons. The molecule has 1 aromatic heterocycles. The highest BCUT2D eigenvalue weighted by atomic mass is 16.3. The van der Waals surface area contributed by atoms with Crippen LogP contribution in [0.3, 0.4) is 0 Å². The van der Waals surface area contributed by atoms with Gasteiger partial charge in [0.1, 0.15) is 0 Å². The van der Waals surface area contributed by atoms with Gasteiger partial charge in [-0.05, 0) is 19.0 Å². The summed E-state index contributed by atoms with van der Waals surface area (Å²) in [6.07, 6.45) is 0.649. The van der Waals surface area contributed by atoms with Crippen molar-refractivity contribution in [1.29, 1.82) is 0 Å². The molecular weight excluding hydrogens is 256 g/mol. The molecule has 0 spiro atoms. The molecule has 1 amide bonds. The summed E-state index contributed by atoms with van der Waals surface area (Å²) in [4.78, 5) is 12.3. The van der Waals surface area contributed by atoms with Crippen molar-refractivity contribution in [3.8, 4) is 0 Å². The summed E-state index contributed by atoms with van der Waals surface area (Å²) in [6.45, 7) is 1.53. The molecule has 0 aliphatic carbocycles. The highest BCUT2D eigenvalue weighted by Crippen LogP contribution is 2.18. The van der Waals surface area contributed by atoms with Crippen molar-refractivity contribution >= 4 is 16.8 Å². The van der Waals surface area contributed by atoms with E-state index in [0.29, 0.717) is 18.7 Å². The van der Waals surface area contributed by atoms with Crippen molar-refractivity contribution in [2.24, 2.45) is 7.05 Å². The van der Waals surface area contributed by atoms with E-state index in [-0.39, 0.29) is 12.5 Å². The van der Waals surface area contributed by atoms with Gasteiger partial charge in [-0.3, -0.25) is 9.48 Å². The first-order valence-corrected chi connectivity index (χ1v) is 6.72. The van der Waals surface area contributed by atoms with Crippen LogP contribution in [0.4, 0.5) is 0 Å². The van der Waals surface area contributed by atoms with Crippen LogP contribution in [0.25, 0.3) is 10.9 Å². The van der Waals surface area contributed by atoms with Crippen molar-refractivity contribution in [3.05, 3.63) is 30.0 Å². The van der Waals surface area contributed by atoms with E-state index in [1.165, 1.54) is 0 Å². The summed E-state index contributed by atoms with van der Waals surface area (Å²) in [6, 6.07) is 7.60. The van der Waals surface area contributed by atoms with Crippen LogP contribution in [0.1, 0.15) is 16.9 Å². The topological polar surface area (TPSA) is 79.2 Å². The Morgan fingerprint density at radius 1 is 1.55 bits per heavy atom. The maximum Gasteiger partial charge on any atom is 0.272 e. The predicted molar refractivity (Wildman–Crippen MR) is 75.5 cm³/mol. The zero-order valence-corrected chi connectivity index (χ0v) is 11.4. The quantitative estimate of drug-likeness (QED) is 0.737. The maximum absolute atomic E-state index is 12.3. The van der Waals surface area contributed by atoms with Gasteiger partial charge < -0.3 is 15.7 Å². The van der Waals surface area contributed by atoms with Crippen LogP contribution in [-0.4, -0.2) is 46.0 Å². The van der Waals surface area contributed by atoms with Crippen LogP contribution in [0, 0.1) is 0 Å². The molecule has 0 saturated carbocycles. The molecule has 0 radical (unpaired) electrons. The summed E-state index contributed by atoms with van der Waals surface area (Å²) >= 11 is 0. The average molecular weight is 274 g/mol. The molecule has 20 heavy (non-hydrogen) atoms. The van der Waals surface area contributed by atoms with Gasteiger partial charge in [0.2, 0.25) is 0 Å². The second kappa shape index (κ2) is 4.88. The van der Waals surface area contributed by atoms with Crippen LogP contribution in [0.2, 0.25) is 0 Å². The van der Waals surface area contributed by atoms with E-state index in [9.17, 15) is 9.90 Å². The molecule has 3 N–H and O–H groups in total. The molecule has 6 nitrogen and oxygen atoms in total. The number of amides is 1. The minimum absolute atomic E-state index is 0.240. The molecule has 1 aliphatic rings. The molecule has 0 bridgehead atoms. The number of rotatable bonds is 3. The lowest BCUT2D eigenvalue weighted by atomic mass is 10.0. The highest BCUT2D eigenvalue weighted by Gasteiger charge is 2.31. The number of aliphatic hydroxyl groups is 1. The van der Waals surface area contributed by atoms with Crippen molar-refractivity contribution < 1.29 is 9.90 Å². The zero-order chi connectivity index (χ0) is 14.2. The van der Waals surface area contributed by atoms with E-state index in [0.717, 1.165) is 17.4 Å². The molecule has 2 aromatic rings. The van der Waals surface area contributed by atoms with E-state index in [1.807, 2.05) is 31.3 Å². The predicted octanol–water partition coefficient (Wildman–Crippen LogP) is 0.0275. The van der Waals surface area contributed by atoms with Crippen LogP contribution in [-0.2, 0) is 7.05 Å². The largest absolute Gasteiger partial charge is 0.387 e. The molecule has 1 fully saturated rings. The van der Waals surface area contributed by atoms with Gasteiger partial charge in [-0.2, -0.15) is 5.10 Å². The number of para-hydroxylation sites is 1. The van der Waals surface area contributed by atoms with Crippen molar-refractivity contribution in [2.45, 2.75) is 12.0 Å². The monoisotopic (exact) mass is 274 g/mol. The summed E-state index contributed by atoms with van der Waals surface area (Å²) in [7, 11) is 1.81. The molecule has 3 rings (SSSR count). The maximum atomic E-state index is 12.3. The Kier molecular flexibility index (Phi) is 3.19. The van der Waals surface area contributed by atoms with E-state index < -0.39 is 5.60 Å². The summed E-state index contributed by atoms with van der Waals surface area (Å²) < 4.78 is 1.69. The van der Waals surface area contributed by atoms with Crippen molar-refractivity contribution in [3.63, 3.8) is 0 Å². The molecule has 2 heterocycles. The summed E-state index contributed by atoms with van der Waals surface area (Å²) in [5.41, 5.74) is 0.469. The third-order valence-electron chi connectivity index (χ3n) is 3.77. The standard InChI is InChI=1S/C14H18N4O2/c1-18-11-5-3-2-4-10(11)12(17-18)13(19)16-9-14(20)6-7-15-8-14/h2-5,15,20H,6-9H2,1H3,(H,16,19). The lowest BCUT2D eigenvalue weighted by Crippen LogP contribution is -2.44. The zero-order valence-electron chi connectivity index (χ0n) is 11.4. The molecule has 1 saturated heterocycles.